The molecular weight excluding hydrogens is 576 g/mol. The number of aliphatic hydroxyl groups is 7. The Labute approximate surface area is 247 Å². The number of benzene rings is 1. The number of amides is 1. The molecule has 2 aliphatic heterocycles. The topological polar surface area (TPSA) is 295 Å². The van der Waals surface area contributed by atoms with E-state index in [1.165, 1.54) is 0 Å². The van der Waals surface area contributed by atoms with Gasteiger partial charge in [0.25, 0.3) is 0 Å². The summed E-state index contributed by atoms with van der Waals surface area (Å²) in [5.41, 5.74) is 19.0. The van der Waals surface area contributed by atoms with Crippen molar-refractivity contribution in [2.45, 2.75) is 105 Å². The molecule has 2 saturated heterocycles. The first-order valence-corrected chi connectivity index (χ1v) is 13.9. The van der Waals surface area contributed by atoms with Gasteiger partial charge in [0, 0.05) is 18.6 Å². The molecule has 1 aromatic rings. The van der Waals surface area contributed by atoms with Gasteiger partial charge in [-0.1, -0.05) is 30.3 Å². The molecule has 1 aromatic carbocycles. The highest BCUT2D eigenvalue weighted by molar-refractivity contribution is 5.67. The lowest BCUT2D eigenvalue weighted by Gasteiger charge is -2.48. The summed E-state index contributed by atoms with van der Waals surface area (Å²) in [7, 11) is 0. The Hall–Kier alpha value is -2.07. The van der Waals surface area contributed by atoms with Crippen LogP contribution in [0, 0.1) is 0 Å². The van der Waals surface area contributed by atoms with Gasteiger partial charge in [-0.3, -0.25) is 0 Å². The van der Waals surface area contributed by atoms with Crippen LogP contribution in [0.2, 0.25) is 0 Å². The Morgan fingerprint density at radius 2 is 1.37 bits per heavy atom. The molecule has 17 nitrogen and oxygen atoms in total. The summed E-state index contributed by atoms with van der Waals surface area (Å²) in [6.45, 7) is -0.959. The molecule has 17 heteroatoms. The summed E-state index contributed by atoms with van der Waals surface area (Å²) >= 11 is 0. The van der Waals surface area contributed by atoms with Crippen LogP contribution in [0.25, 0.3) is 0 Å². The maximum Gasteiger partial charge on any atom is 0.407 e. The van der Waals surface area contributed by atoms with Crippen molar-refractivity contribution < 1.29 is 64.2 Å². The van der Waals surface area contributed by atoms with E-state index in [2.05, 4.69) is 5.32 Å². The number of nitrogens with two attached hydrogens (primary N) is 3. The van der Waals surface area contributed by atoms with Crippen molar-refractivity contribution in [3.63, 3.8) is 0 Å². The van der Waals surface area contributed by atoms with E-state index in [1.807, 2.05) is 6.07 Å². The van der Waals surface area contributed by atoms with Gasteiger partial charge in [-0.15, -0.1) is 0 Å². The van der Waals surface area contributed by atoms with Crippen LogP contribution in [0.4, 0.5) is 4.79 Å². The molecule has 1 aliphatic carbocycles. The quantitative estimate of drug-likeness (QED) is 0.123. The SMILES string of the molecule is NC1C[C@@H](N)[C@@H](OC2OC(CO)[C@@H](O)[C@@H](N)[C@@H]2O)[C@H](O)C1O[C@H]1OC(CNC(=O)OCc2ccccc2)C(O)[C@@H](O)[C@@H]1O. The lowest BCUT2D eigenvalue weighted by atomic mass is 9.84. The number of carbonyl (C=O) groups excluding carboxylic acids is 1. The third-order valence-corrected chi connectivity index (χ3v) is 7.91. The van der Waals surface area contributed by atoms with Crippen LogP contribution in [0.15, 0.2) is 30.3 Å². The Morgan fingerprint density at radius 3 is 1.98 bits per heavy atom. The molecule has 3 aliphatic rings. The van der Waals surface area contributed by atoms with Gasteiger partial charge in [0.2, 0.25) is 0 Å². The Kier molecular flexibility index (Phi) is 11.6. The molecule has 15 atom stereocenters. The molecular formula is C26H42N4O13. The van der Waals surface area contributed by atoms with E-state index in [4.69, 9.17) is 40.9 Å². The van der Waals surface area contributed by atoms with E-state index in [0.29, 0.717) is 0 Å². The van der Waals surface area contributed by atoms with Gasteiger partial charge in [-0.25, -0.2) is 4.79 Å². The van der Waals surface area contributed by atoms with Gasteiger partial charge in [0.1, 0.15) is 67.6 Å². The fourth-order valence-electron chi connectivity index (χ4n) is 5.33. The van der Waals surface area contributed by atoms with Crippen LogP contribution >= 0.6 is 0 Å². The molecule has 0 bridgehead atoms. The first kappa shape index (κ1) is 33.8. The smallest absolute Gasteiger partial charge is 0.407 e. The summed E-state index contributed by atoms with van der Waals surface area (Å²) in [5.74, 6) is 0. The van der Waals surface area contributed by atoms with E-state index in [0.717, 1.165) is 5.56 Å². The fraction of sp³-hybridized carbons (Fsp3) is 0.731. The van der Waals surface area contributed by atoms with Crippen LogP contribution in [-0.2, 0) is 30.3 Å². The predicted octanol–water partition coefficient (Wildman–Crippen LogP) is -5.32. The molecule has 0 aromatic heterocycles. The van der Waals surface area contributed by atoms with Crippen LogP contribution in [0.1, 0.15) is 12.0 Å². The minimum atomic E-state index is -1.78. The zero-order valence-corrected chi connectivity index (χ0v) is 23.2. The molecule has 43 heavy (non-hydrogen) atoms. The van der Waals surface area contributed by atoms with Crippen molar-refractivity contribution in [2.24, 2.45) is 17.2 Å². The largest absolute Gasteiger partial charge is 0.445 e. The van der Waals surface area contributed by atoms with Gasteiger partial charge in [0.05, 0.1) is 12.6 Å². The lowest BCUT2D eigenvalue weighted by Crippen LogP contribution is -2.68. The monoisotopic (exact) mass is 618 g/mol. The maximum atomic E-state index is 12.2. The summed E-state index contributed by atoms with van der Waals surface area (Å²) in [6.07, 6.45) is -18.6. The molecule has 14 N–H and O–H groups in total. The van der Waals surface area contributed by atoms with Crippen molar-refractivity contribution in [1.82, 2.24) is 5.32 Å². The standard InChI is InChI=1S/C26H42N4O13/c27-11-6-12(28)23(21(37)22(11)42-24-18(34)15(29)16(32)14(8-31)41-24)43-25-20(36)19(35)17(33)13(40-25)7-30-26(38)39-9-10-4-2-1-3-5-10/h1-5,11-25,31-37H,6-9,27-29H2,(H,30,38)/t11-,12?,13?,14?,15-,16-,17?,18+,19-,20+,21+,22-,23?,24?,25-/m1/s1. The summed E-state index contributed by atoms with van der Waals surface area (Å²) in [4.78, 5) is 12.2. The van der Waals surface area contributed by atoms with Gasteiger partial charge in [-0.05, 0) is 12.0 Å². The van der Waals surface area contributed by atoms with Crippen LogP contribution in [0.5, 0.6) is 0 Å². The van der Waals surface area contributed by atoms with Crippen molar-refractivity contribution >= 4 is 6.09 Å². The third kappa shape index (κ3) is 7.78. The summed E-state index contributed by atoms with van der Waals surface area (Å²) in [6, 6.07) is 5.88. The van der Waals surface area contributed by atoms with Crippen LogP contribution in [-0.4, -0.2) is 147 Å². The average Bonchev–Trinajstić information content (AvgIpc) is 2.99. The second kappa shape index (κ2) is 14.8. The van der Waals surface area contributed by atoms with Gasteiger partial charge < -0.3 is 81.9 Å². The Bertz CT molecular complexity index is 1030. The van der Waals surface area contributed by atoms with E-state index in [-0.39, 0.29) is 19.6 Å². The van der Waals surface area contributed by atoms with E-state index >= 15 is 0 Å². The first-order valence-electron chi connectivity index (χ1n) is 13.9. The van der Waals surface area contributed by atoms with Crippen molar-refractivity contribution in [3.8, 4) is 0 Å². The van der Waals surface area contributed by atoms with Gasteiger partial charge >= 0.3 is 6.09 Å². The number of alkyl carbamates (subject to hydrolysis) is 1. The first-order chi connectivity index (χ1) is 20.4. The zero-order chi connectivity index (χ0) is 31.4. The van der Waals surface area contributed by atoms with Crippen molar-refractivity contribution in [2.75, 3.05) is 13.2 Å². The second-order valence-corrected chi connectivity index (χ2v) is 11.0. The summed E-state index contributed by atoms with van der Waals surface area (Å²) < 4.78 is 27.8. The Morgan fingerprint density at radius 1 is 0.791 bits per heavy atom. The minimum absolute atomic E-state index is 0.00719. The molecule has 4 rings (SSSR count). The van der Waals surface area contributed by atoms with E-state index in [1.54, 1.807) is 24.3 Å². The number of hydrogen-bond acceptors (Lipinski definition) is 16. The highest BCUT2D eigenvalue weighted by atomic mass is 16.7. The fourth-order valence-corrected chi connectivity index (χ4v) is 5.33. The lowest BCUT2D eigenvalue weighted by molar-refractivity contribution is -0.332. The van der Waals surface area contributed by atoms with Crippen molar-refractivity contribution in [3.05, 3.63) is 35.9 Å². The Balaban J connectivity index is 1.37. The van der Waals surface area contributed by atoms with Crippen molar-refractivity contribution in [1.29, 1.82) is 0 Å². The molecule has 1 saturated carbocycles. The van der Waals surface area contributed by atoms with E-state index in [9.17, 15) is 40.5 Å². The number of rotatable bonds is 9. The number of nitrogens with one attached hydrogen (secondary N) is 1. The molecule has 0 radical (unpaired) electrons. The normalized spacial score (nSPS) is 43.6. The van der Waals surface area contributed by atoms with Crippen LogP contribution in [0.3, 0.4) is 0 Å². The average molecular weight is 619 g/mol. The minimum Gasteiger partial charge on any atom is -0.445 e. The molecule has 244 valence electrons. The van der Waals surface area contributed by atoms with E-state index < -0.39 is 104 Å². The molecule has 0 spiro atoms. The molecule has 6 unspecified atom stereocenters. The number of carbonyl (C=O) groups is 1. The predicted molar refractivity (Wildman–Crippen MR) is 143 cm³/mol. The molecule has 1 amide bonds. The molecule has 3 fully saturated rings. The second-order valence-electron chi connectivity index (χ2n) is 11.0. The highest BCUT2D eigenvalue weighted by Gasteiger charge is 2.51. The highest BCUT2D eigenvalue weighted by Crippen LogP contribution is 2.31. The molecule has 2 heterocycles. The number of hydrogen-bond donors (Lipinski definition) is 11. The van der Waals surface area contributed by atoms with Crippen LogP contribution < -0.4 is 22.5 Å². The van der Waals surface area contributed by atoms with Gasteiger partial charge in [-0.2, -0.15) is 0 Å². The zero-order valence-electron chi connectivity index (χ0n) is 23.2. The number of ether oxygens (including phenoxy) is 5. The third-order valence-electron chi connectivity index (χ3n) is 7.91. The van der Waals surface area contributed by atoms with Gasteiger partial charge in [0.15, 0.2) is 12.6 Å². The summed E-state index contributed by atoms with van der Waals surface area (Å²) in [5, 5.41) is 75.1. The number of aliphatic hydroxyl groups excluding tert-OH is 7. The maximum absolute atomic E-state index is 12.2.